The number of nitrogens with one attached hydrogen (secondary N) is 2. The summed E-state index contributed by atoms with van der Waals surface area (Å²) >= 11 is 0. The molecule has 0 aliphatic heterocycles. The first-order chi connectivity index (χ1) is 9.04. The number of hydrogen-bond acceptors (Lipinski definition) is 4. The van der Waals surface area contributed by atoms with Crippen molar-refractivity contribution >= 4 is 17.7 Å². The maximum absolute atomic E-state index is 11.4. The maximum atomic E-state index is 11.4. The van der Waals surface area contributed by atoms with Crippen LogP contribution in [0.3, 0.4) is 0 Å². The Morgan fingerprint density at radius 1 is 1.37 bits per heavy atom. The molecule has 0 fully saturated rings. The Balaban J connectivity index is 2.51. The number of ether oxygens (including phenoxy) is 1. The van der Waals surface area contributed by atoms with Gasteiger partial charge in [0.05, 0.1) is 6.61 Å². The lowest BCUT2D eigenvalue weighted by Crippen LogP contribution is -2.31. The second kappa shape index (κ2) is 7.22. The van der Waals surface area contributed by atoms with E-state index in [2.05, 4.69) is 10.6 Å². The molecule has 4 N–H and O–H groups in total. The fourth-order valence-corrected chi connectivity index (χ4v) is 1.35. The third-order valence-electron chi connectivity index (χ3n) is 2.22. The number of carbonyl (C=O) groups is 2. The summed E-state index contributed by atoms with van der Waals surface area (Å²) in [7, 11) is 0. The first kappa shape index (κ1) is 14.8. The van der Waals surface area contributed by atoms with Crippen molar-refractivity contribution in [3.05, 3.63) is 23.8 Å². The van der Waals surface area contributed by atoms with Crippen LogP contribution in [0.5, 0.6) is 5.75 Å². The minimum Gasteiger partial charge on any atom is -0.507 e. The number of benzene rings is 1. The van der Waals surface area contributed by atoms with Gasteiger partial charge in [-0.3, -0.25) is 0 Å². The van der Waals surface area contributed by atoms with Gasteiger partial charge in [0.25, 0.3) is 0 Å². The van der Waals surface area contributed by atoms with E-state index in [-0.39, 0.29) is 5.56 Å². The number of carboxylic acid groups (broad SMARTS) is 1. The third kappa shape index (κ3) is 4.84. The predicted octanol–water partition coefficient (Wildman–Crippen LogP) is 1.25. The van der Waals surface area contributed by atoms with Crippen LogP contribution in [0.1, 0.15) is 17.3 Å². The molecule has 7 heteroatoms. The lowest BCUT2D eigenvalue weighted by molar-refractivity contribution is 0.0694. The van der Waals surface area contributed by atoms with Gasteiger partial charge in [-0.2, -0.15) is 0 Å². The topological polar surface area (TPSA) is 108 Å². The minimum atomic E-state index is -1.23. The molecular formula is C12H16N2O5. The van der Waals surface area contributed by atoms with Crippen molar-refractivity contribution in [1.29, 1.82) is 0 Å². The van der Waals surface area contributed by atoms with Crippen LogP contribution in [0.15, 0.2) is 18.2 Å². The number of rotatable bonds is 6. The highest BCUT2D eigenvalue weighted by molar-refractivity contribution is 5.93. The number of amides is 2. The zero-order valence-corrected chi connectivity index (χ0v) is 10.5. The lowest BCUT2D eigenvalue weighted by atomic mass is 10.2. The molecule has 104 valence electrons. The summed E-state index contributed by atoms with van der Waals surface area (Å²) in [5.74, 6) is -1.63. The van der Waals surface area contributed by atoms with Crippen molar-refractivity contribution in [2.45, 2.75) is 6.92 Å². The van der Waals surface area contributed by atoms with E-state index in [1.54, 1.807) is 0 Å². The summed E-state index contributed by atoms with van der Waals surface area (Å²) in [6, 6.07) is 3.33. The summed E-state index contributed by atoms with van der Waals surface area (Å²) in [5, 5.41) is 23.2. The number of aromatic carboxylic acids is 1. The number of carbonyl (C=O) groups excluding carboxylic acids is 1. The first-order valence-corrected chi connectivity index (χ1v) is 5.73. The molecule has 19 heavy (non-hydrogen) atoms. The minimum absolute atomic E-state index is 0.220. The van der Waals surface area contributed by atoms with Gasteiger partial charge in [-0.05, 0) is 19.1 Å². The SMILES string of the molecule is CCOCCNC(=O)Nc1ccc(C(=O)O)c(O)c1. The number of phenols is 1. The molecule has 0 radical (unpaired) electrons. The zero-order chi connectivity index (χ0) is 14.3. The van der Waals surface area contributed by atoms with E-state index in [0.717, 1.165) is 0 Å². The quantitative estimate of drug-likeness (QED) is 0.581. The van der Waals surface area contributed by atoms with E-state index in [0.29, 0.717) is 25.4 Å². The highest BCUT2D eigenvalue weighted by atomic mass is 16.5. The lowest BCUT2D eigenvalue weighted by Gasteiger charge is -2.08. The third-order valence-corrected chi connectivity index (χ3v) is 2.22. The van der Waals surface area contributed by atoms with Crippen LogP contribution in [0.25, 0.3) is 0 Å². The second-order valence-corrected chi connectivity index (χ2v) is 3.61. The number of carboxylic acids is 1. The van der Waals surface area contributed by atoms with Crippen molar-refractivity contribution < 1.29 is 24.5 Å². The maximum Gasteiger partial charge on any atom is 0.339 e. The van der Waals surface area contributed by atoms with Crippen molar-refractivity contribution in [1.82, 2.24) is 5.32 Å². The summed E-state index contributed by atoms with van der Waals surface area (Å²) in [6.07, 6.45) is 0. The molecular weight excluding hydrogens is 252 g/mol. The van der Waals surface area contributed by atoms with Gasteiger partial charge in [-0.1, -0.05) is 0 Å². The van der Waals surface area contributed by atoms with Crippen molar-refractivity contribution in [3.63, 3.8) is 0 Å². The Morgan fingerprint density at radius 2 is 2.11 bits per heavy atom. The van der Waals surface area contributed by atoms with Crippen LogP contribution in [0.4, 0.5) is 10.5 Å². The summed E-state index contributed by atoms with van der Waals surface area (Å²) in [4.78, 5) is 22.1. The molecule has 0 atom stereocenters. The molecule has 0 aliphatic carbocycles. The number of aromatic hydroxyl groups is 1. The van der Waals surface area contributed by atoms with Gasteiger partial charge < -0.3 is 25.6 Å². The smallest absolute Gasteiger partial charge is 0.339 e. The van der Waals surface area contributed by atoms with Crippen LogP contribution < -0.4 is 10.6 Å². The molecule has 0 saturated carbocycles. The number of anilines is 1. The van der Waals surface area contributed by atoms with Crippen LogP contribution in [-0.2, 0) is 4.74 Å². The van der Waals surface area contributed by atoms with Gasteiger partial charge in [0, 0.05) is 24.9 Å². The van der Waals surface area contributed by atoms with Crippen LogP contribution in [0.2, 0.25) is 0 Å². The summed E-state index contributed by atoms with van der Waals surface area (Å²) < 4.78 is 5.05. The molecule has 0 saturated heterocycles. The van der Waals surface area contributed by atoms with Gasteiger partial charge in [0.15, 0.2) is 0 Å². The molecule has 1 rings (SSSR count). The molecule has 0 aliphatic rings. The molecule has 0 spiro atoms. The van der Waals surface area contributed by atoms with E-state index in [1.807, 2.05) is 6.92 Å². The fourth-order valence-electron chi connectivity index (χ4n) is 1.35. The Bertz CT molecular complexity index is 461. The van der Waals surface area contributed by atoms with Crippen molar-refractivity contribution in [2.24, 2.45) is 0 Å². The number of urea groups is 1. The summed E-state index contributed by atoms with van der Waals surface area (Å²) in [5.41, 5.74) is 0.0821. The second-order valence-electron chi connectivity index (χ2n) is 3.61. The molecule has 0 unspecified atom stereocenters. The summed E-state index contributed by atoms with van der Waals surface area (Å²) in [6.45, 7) is 3.20. The Hall–Kier alpha value is -2.28. The van der Waals surface area contributed by atoms with Crippen LogP contribution in [-0.4, -0.2) is 42.0 Å². The van der Waals surface area contributed by atoms with Gasteiger partial charge in [0.2, 0.25) is 0 Å². The van der Waals surface area contributed by atoms with E-state index < -0.39 is 17.7 Å². The predicted molar refractivity (Wildman–Crippen MR) is 68.6 cm³/mol. The molecule has 1 aromatic carbocycles. The van der Waals surface area contributed by atoms with E-state index in [9.17, 15) is 14.7 Å². The highest BCUT2D eigenvalue weighted by Gasteiger charge is 2.10. The molecule has 7 nitrogen and oxygen atoms in total. The number of hydrogen-bond donors (Lipinski definition) is 4. The van der Waals surface area contributed by atoms with E-state index >= 15 is 0 Å². The van der Waals surface area contributed by atoms with E-state index in [1.165, 1.54) is 18.2 Å². The van der Waals surface area contributed by atoms with Crippen LogP contribution >= 0.6 is 0 Å². The molecule has 0 heterocycles. The van der Waals surface area contributed by atoms with Gasteiger partial charge in [-0.25, -0.2) is 9.59 Å². The van der Waals surface area contributed by atoms with Crippen LogP contribution in [0, 0.1) is 0 Å². The standard InChI is InChI=1S/C12H16N2O5/c1-2-19-6-5-13-12(18)14-8-3-4-9(11(16)17)10(15)7-8/h3-4,7,15H,2,5-6H2,1H3,(H,16,17)(H2,13,14,18). The molecule has 0 aromatic heterocycles. The monoisotopic (exact) mass is 268 g/mol. The zero-order valence-electron chi connectivity index (χ0n) is 10.5. The van der Waals surface area contributed by atoms with Crippen molar-refractivity contribution in [2.75, 3.05) is 25.1 Å². The molecule has 2 amide bonds. The Labute approximate surface area is 110 Å². The van der Waals surface area contributed by atoms with Crippen molar-refractivity contribution in [3.8, 4) is 5.75 Å². The largest absolute Gasteiger partial charge is 0.507 e. The normalized spacial score (nSPS) is 9.95. The molecule has 1 aromatic rings. The average Bonchev–Trinajstić information content (AvgIpc) is 2.34. The van der Waals surface area contributed by atoms with Gasteiger partial charge >= 0.3 is 12.0 Å². The van der Waals surface area contributed by atoms with Gasteiger partial charge in [-0.15, -0.1) is 0 Å². The van der Waals surface area contributed by atoms with Gasteiger partial charge in [0.1, 0.15) is 11.3 Å². The van der Waals surface area contributed by atoms with E-state index in [4.69, 9.17) is 9.84 Å². The fraction of sp³-hybridized carbons (Fsp3) is 0.333. The molecule has 0 bridgehead atoms. The average molecular weight is 268 g/mol. The first-order valence-electron chi connectivity index (χ1n) is 5.73. The highest BCUT2D eigenvalue weighted by Crippen LogP contribution is 2.21. The Morgan fingerprint density at radius 3 is 2.68 bits per heavy atom. The Kier molecular flexibility index (Phi) is 5.62.